The summed E-state index contributed by atoms with van der Waals surface area (Å²) in [5.74, 6) is -0.294. The van der Waals surface area contributed by atoms with Gasteiger partial charge in [-0.2, -0.15) is 4.31 Å². The minimum atomic E-state index is -3.61. The van der Waals surface area contributed by atoms with Crippen LogP contribution in [0, 0.1) is 0 Å². The molecule has 4 rings (SSSR count). The van der Waals surface area contributed by atoms with Crippen LogP contribution in [-0.2, 0) is 16.4 Å². The molecule has 26 heavy (non-hydrogen) atoms. The predicted molar refractivity (Wildman–Crippen MR) is 102 cm³/mol. The highest BCUT2D eigenvalue weighted by Crippen LogP contribution is 2.32. The number of carbonyl (C=O) groups excluding carboxylic acids is 1. The second-order valence-corrected chi connectivity index (χ2v) is 9.66. The molecule has 5 nitrogen and oxygen atoms in total. The van der Waals surface area contributed by atoms with E-state index in [1.807, 2.05) is 18.2 Å². The summed E-state index contributed by atoms with van der Waals surface area (Å²) in [6.45, 7) is 1.07. The van der Waals surface area contributed by atoms with Gasteiger partial charge in [-0.1, -0.05) is 30.7 Å². The van der Waals surface area contributed by atoms with E-state index in [9.17, 15) is 13.2 Å². The average Bonchev–Trinajstić information content (AvgIpc) is 3.30. The SMILES string of the molecule is O=C(NC1CCc2ccccc21)c1sccc1S(=O)(=O)N1CCCCC1. The Morgan fingerprint density at radius 3 is 2.69 bits per heavy atom. The van der Waals surface area contributed by atoms with Gasteiger partial charge >= 0.3 is 0 Å². The van der Waals surface area contributed by atoms with Gasteiger partial charge in [-0.25, -0.2) is 8.42 Å². The lowest BCUT2D eigenvalue weighted by molar-refractivity contribution is 0.0937. The van der Waals surface area contributed by atoms with Crippen LogP contribution in [0.25, 0.3) is 0 Å². The lowest BCUT2D eigenvalue weighted by Gasteiger charge is -2.26. The van der Waals surface area contributed by atoms with E-state index in [4.69, 9.17) is 0 Å². The van der Waals surface area contributed by atoms with Crippen molar-refractivity contribution in [1.29, 1.82) is 0 Å². The largest absolute Gasteiger partial charge is 0.344 e. The fraction of sp³-hybridized carbons (Fsp3) is 0.421. The zero-order chi connectivity index (χ0) is 18.1. The van der Waals surface area contributed by atoms with Crippen LogP contribution < -0.4 is 5.32 Å². The van der Waals surface area contributed by atoms with Gasteiger partial charge in [-0.05, 0) is 48.3 Å². The number of aryl methyl sites for hydroxylation is 1. The van der Waals surface area contributed by atoms with Crippen molar-refractivity contribution < 1.29 is 13.2 Å². The lowest BCUT2D eigenvalue weighted by atomic mass is 10.1. The molecule has 1 aliphatic heterocycles. The van der Waals surface area contributed by atoms with Crippen molar-refractivity contribution in [3.63, 3.8) is 0 Å². The van der Waals surface area contributed by atoms with Gasteiger partial charge in [0.1, 0.15) is 9.77 Å². The summed E-state index contributed by atoms with van der Waals surface area (Å²) in [7, 11) is -3.61. The monoisotopic (exact) mass is 390 g/mol. The maximum Gasteiger partial charge on any atom is 0.263 e. The quantitative estimate of drug-likeness (QED) is 0.871. The predicted octanol–water partition coefficient (Wildman–Crippen LogP) is 3.34. The van der Waals surface area contributed by atoms with Crippen LogP contribution >= 0.6 is 11.3 Å². The van der Waals surface area contributed by atoms with Crippen LogP contribution in [0.15, 0.2) is 40.6 Å². The summed E-state index contributed by atoms with van der Waals surface area (Å²) in [5.41, 5.74) is 2.39. The number of piperidine rings is 1. The van der Waals surface area contributed by atoms with Crippen molar-refractivity contribution >= 4 is 27.3 Å². The highest BCUT2D eigenvalue weighted by atomic mass is 32.2. The summed E-state index contributed by atoms with van der Waals surface area (Å²) in [6, 6.07) is 9.61. The zero-order valence-corrected chi connectivity index (χ0v) is 16.1. The maximum absolute atomic E-state index is 13.0. The van der Waals surface area contributed by atoms with E-state index in [1.165, 1.54) is 21.2 Å². The molecule has 1 amide bonds. The first-order valence-corrected chi connectivity index (χ1v) is 11.4. The molecule has 1 unspecified atom stereocenters. The summed E-state index contributed by atoms with van der Waals surface area (Å²) in [6.07, 6.45) is 4.60. The molecule has 1 aliphatic carbocycles. The van der Waals surface area contributed by atoms with Crippen molar-refractivity contribution in [3.8, 4) is 0 Å². The molecule has 0 bridgehead atoms. The van der Waals surface area contributed by atoms with E-state index in [0.29, 0.717) is 18.0 Å². The number of nitrogens with zero attached hydrogens (tertiary/aromatic N) is 1. The van der Waals surface area contributed by atoms with Crippen LogP contribution in [0.3, 0.4) is 0 Å². The molecule has 1 saturated heterocycles. The Morgan fingerprint density at radius 1 is 1.12 bits per heavy atom. The number of carbonyl (C=O) groups is 1. The van der Waals surface area contributed by atoms with Gasteiger partial charge < -0.3 is 5.32 Å². The van der Waals surface area contributed by atoms with E-state index in [-0.39, 0.29) is 16.8 Å². The van der Waals surface area contributed by atoms with Crippen LogP contribution in [0.5, 0.6) is 0 Å². The van der Waals surface area contributed by atoms with Crippen LogP contribution in [0.2, 0.25) is 0 Å². The standard InChI is InChI=1S/C19H22N2O3S2/c22-19(20-16-9-8-14-6-2-3-7-15(14)16)18-17(10-13-25-18)26(23,24)21-11-4-1-5-12-21/h2-3,6-7,10,13,16H,1,4-5,8-9,11-12H2,(H,20,22). The molecule has 1 aromatic carbocycles. The third-order valence-corrected chi connectivity index (χ3v) is 8.19. The first-order valence-electron chi connectivity index (χ1n) is 9.03. The minimum Gasteiger partial charge on any atom is -0.344 e. The van der Waals surface area contributed by atoms with Gasteiger partial charge in [0.2, 0.25) is 10.0 Å². The van der Waals surface area contributed by atoms with Crippen LogP contribution in [0.1, 0.15) is 52.5 Å². The highest BCUT2D eigenvalue weighted by Gasteiger charge is 2.32. The second kappa shape index (κ2) is 7.13. The number of benzene rings is 1. The third kappa shape index (κ3) is 3.19. The van der Waals surface area contributed by atoms with Gasteiger partial charge in [0.05, 0.1) is 6.04 Å². The Bertz CT molecular complexity index is 914. The summed E-state index contributed by atoms with van der Waals surface area (Å²) < 4.78 is 27.4. The van der Waals surface area contributed by atoms with Crippen molar-refractivity contribution in [2.75, 3.05) is 13.1 Å². The zero-order valence-electron chi connectivity index (χ0n) is 14.5. The van der Waals surface area contributed by atoms with Gasteiger partial charge in [0.15, 0.2) is 0 Å². The summed E-state index contributed by atoms with van der Waals surface area (Å²) >= 11 is 1.20. The fourth-order valence-corrected chi connectivity index (χ4v) is 6.66. The molecule has 7 heteroatoms. The minimum absolute atomic E-state index is 0.0497. The van der Waals surface area contributed by atoms with Crippen molar-refractivity contribution in [1.82, 2.24) is 9.62 Å². The van der Waals surface area contributed by atoms with E-state index in [0.717, 1.165) is 37.7 Å². The van der Waals surface area contributed by atoms with Crippen LogP contribution in [0.4, 0.5) is 0 Å². The molecular weight excluding hydrogens is 368 g/mol. The number of rotatable bonds is 4. The number of hydrogen-bond donors (Lipinski definition) is 1. The van der Waals surface area contributed by atoms with Gasteiger partial charge in [0.25, 0.3) is 5.91 Å². The molecule has 2 heterocycles. The lowest BCUT2D eigenvalue weighted by Crippen LogP contribution is -2.36. The number of thiophene rings is 1. The Balaban J connectivity index is 1.56. The third-order valence-electron chi connectivity index (χ3n) is 5.21. The summed E-state index contributed by atoms with van der Waals surface area (Å²) in [5, 5.41) is 4.73. The Morgan fingerprint density at radius 2 is 1.88 bits per heavy atom. The van der Waals surface area contributed by atoms with Gasteiger partial charge in [0, 0.05) is 13.1 Å². The number of hydrogen-bond acceptors (Lipinski definition) is 4. The molecular formula is C19H22N2O3S2. The van der Waals surface area contributed by atoms with Crippen molar-refractivity contribution in [3.05, 3.63) is 51.7 Å². The van der Waals surface area contributed by atoms with Crippen molar-refractivity contribution in [2.45, 2.75) is 43.0 Å². The molecule has 0 spiro atoms. The first-order chi connectivity index (χ1) is 12.6. The molecule has 138 valence electrons. The second-order valence-electron chi connectivity index (χ2n) is 6.84. The number of sulfonamides is 1. The van der Waals surface area contributed by atoms with Crippen molar-refractivity contribution in [2.24, 2.45) is 0 Å². The summed E-state index contributed by atoms with van der Waals surface area (Å²) in [4.78, 5) is 13.3. The molecule has 0 saturated carbocycles. The Kier molecular flexibility index (Phi) is 4.86. The van der Waals surface area contributed by atoms with Gasteiger partial charge in [-0.15, -0.1) is 11.3 Å². The number of fused-ring (bicyclic) bond motifs is 1. The fourth-order valence-electron chi connectivity index (χ4n) is 3.84. The molecule has 1 N–H and O–H groups in total. The maximum atomic E-state index is 13.0. The molecule has 2 aliphatic rings. The average molecular weight is 391 g/mol. The van der Waals surface area contributed by atoms with E-state index in [2.05, 4.69) is 11.4 Å². The molecule has 2 aromatic rings. The number of nitrogens with one attached hydrogen (secondary N) is 1. The van der Waals surface area contributed by atoms with Crippen LogP contribution in [-0.4, -0.2) is 31.7 Å². The van der Waals surface area contributed by atoms with E-state index in [1.54, 1.807) is 11.4 Å². The first kappa shape index (κ1) is 17.7. The molecule has 1 fully saturated rings. The Hall–Kier alpha value is -1.70. The van der Waals surface area contributed by atoms with E-state index >= 15 is 0 Å². The van der Waals surface area contributed by atoms with E-state index < -0.39 is 10.0 Å². The Labute approximate surface area is 158 Å². The molecule has 1 atom stereocenters. The van der Waals surface area contributed by atoms with Gasteiger partial charge in [-0.3, -0.25) is 4.79 Å². The molecule has 1 aromatic heterocycles. The smallest absolute Gasteiger partial charge is 0.263 e. The highest BCUT2D eigenvalue weighted by molar-refractivity contribution is 7.89. The molecule has 0 radical (unpaired) electrons. The normalized spacial score (nSPS) is 20.7. The topological polar surface area (TPSA) is 66.5 Å². The number of amides is 1.